The molecular weight excluding hydrogens is 628 g/mol. The van der Waals surface area contributed by atoms with Crippen LogP contribution in [0.3, 0.4) is 0 Å². The molecule has 1 fully saturated rings. The molecule has 1 saturated heterocycles. The van der Waals surface area contributed by atoms with Crippen molar-refractivity contribution in [2.45, 2.75) is 75.7 Å². The number of nitrogens with one attached hydrogen (secondary N) is 5. The summed E-state index contributed by atoms with van der Waals surface area (Å²) in [6.45, 7) is -0.366. The summed E-state index contributed by atoms with van der Waals surface area (Å²) >= 11 is 0. The van der Waals surface area contributed by atoms with Crippen molar-refractivity contribution >= 4 is 53.3 Å². The van der Waals surface area contributed by atoms with Crippen LogP contribution < -0.4 is 43.8 Å². The largest absolute Gasteiger partial charge is 0.481 e. The minimum Gasteiger partial charge on any atom is -0.481 e. The van der Waals surface area contributed by atoms with Crippen molar-refractivity contribution in [3.05, 3.63) is 0 Å². The summed E-state index contributed by atoms with van der Waals surface area (Å²) in [6.07, 6.45) is 0.0358. The zero-order valence-electron chi connectivity index (χ0n) is 25.9. The fourth-order valence-corrected chi connectivity index (χ4v) is 4.51. The predicted molar refractivity (Wildman–Crippen MR) is 162 cm³/mol. The summed E-state index contributed by atoms with van der Waals surface area (Å²) in [4.78, 5) is 104. The van der Waals surface area contributed by atoms with Gasteiger partial charge in [0.1, 0.15) is 30.2 Å². The molecule has 6 amide bonds. The molecule has 5 atom stereocenters. The summed E-state index contributed by atoms with van der Waals surface area (Å²) in [5, 5.41) is 39.7. The van der Waals surface area contributed by atoms with Gasteiger partial charge < -0.3 is 64.0 Å². The second kappa shape index (κ2) is 20.2. The van der Waals surface area contributed by atoms with Crippen LogP contribution in [0, 0.1) is 0 Å². The first-order valence-corrected chi connectivity index (χ1v) is 14.7. The molecule has 1 aliphatic rings. The number of carboxylic acid groups (broad SMARTS) is 2. The highest BCUT2D eigenvalue weighted by Crippen LogP contribution is 2.19. The molecule has 0 saturated carbocycles. The van der Waals surface area contributed by atoms with Crippen LogP contribution in [0.1, 0.15) is 45.4 Å². The molecule has 1 heterocycles. The number of nitrogens with zero attached hydrogens (tertiary/aromatic N) is 2. The van der Waals surface area contributed by atoms with Gasteiger partial charge in [-0.1, -0.05) is 6.92 Å². The third kappa shape index (κ3) is 13.9. The van der Waals surface area contributed by atoms with E-state index in [1.807, 2.05) is 0 Å². The first kappa shape index (κ1) is 40.0. The Morgan fingerprint density at radius 3 is 2.11 bits per heavy atom. The average Bonchev–Trinajstić information content (AvgIpc) is 3.51. The van der Waals surface area contributed by atoms with Crippen LogP contribution in [-0.4, -0.2) is 137 Å². The lowest BCUT2D eigenvalue weighted by Gasteiger charge is -2.29. The quantitative estimate of drug-likeness (QED) is 0.0326. The standard InChI is InChI=1S/C26H44N10O11/c1-2-13(25(46)47)34-23(44)17-6-4-8-36(17)24(45)16(12-37)35-22(43)15(9-20(40)41)33-19(39)11-31-21(42)14(32-18(38)10-27)5-3-7-30-26(28)29/h13-17,37H,2-12,27H2,1H3,(H,31,42)(H,32,38)(H,33,39)(H,34,44)(H,35,43)(H,40,41)(H,46,47)(H4,28,29,30)/t13-,14-,15-,16-,17-/m0/s1. The van der Waals surface area contributed by atoms with E-state index in [0.29, 0.717) is 6.42 Å². The van der Waals surface area contributed by atoms with Gasteiger partial charge in [0, 0.05) is 13.1 Å². The highest BCUT2D eigenvalue weighted by molar-refractivity contribution is 5.97. The number of rotatable bonds is 20. The highest BCUT2D eigenvalue weighted by Gasteiger charge is 2.39. The summed E-state index contributed by atoms with van der Waals surface area (Å²) in [5.74, 6) is -8.18. The van der Waals surface area contributed by atoms with Crippen LogP contribution in [-0.2, 0) is 38.4 Å². The van der Waals surface area contributed by atoms with Gasteiger partial charge >= 0.3 is 11.9 Å². The number of likely N-dealkylation sites (tertiary alicyclic amines) is 1. The maximum atomic E-state index is 13.2. The third-order valence-electron chi connectivity index (χ3n) is 6.89. The minimum atomic E-state index is -1.76. The van der Waals surface area contributed by atoms with Gasteiger partial charge in [0.05, 0.1) is 26.1 Å². The molecule has 1 rings (SSSR count). The summed E-state index contributed by atoms with van der Waals surface area (Å²) < 4.78 is 0. The van der Waals surface area contributed by atoms with E-state index in [2.05, 4.69) is 31.6 Å². The smallest absolute Gasteiger partial charge is 0.326 e. The van der Waals surface area contributed by atoms with Crippen LogP contribution in [0.25, 0.3) is 0 Å². The summed E-state index contributed by atoms with van der Waals surface area (Å²) in [7, 11) is 0. The molecule has 14 N–H and O–H groups in total. The highest BCUT2D eigenvalue weighted by atomic mass is 16.4. The number of aliphatic hydroxyl groups is 1. The zero-order chi connectivity index (χ0) is 35.7. The van der Waals surface area contributed by atoms with Crippen LogP contribution >= 0.6 is 0 Å². The normalized spacial score (nSPS) is 16.4. The van der Waals surface area contributed by atoms with E-state index in [1.165, 1.54) is 0 Å². The van der Waals surface area contributed by atoms with Crippen molar-refractivity contribution in [1.29, 1.82) is 0 Å². The number of guanidine groups is 1. The predicted octanol–water partition coefficient (Wildman–Crippen LogP) is -5.99. The lowest BCUT2D eigenvalue weighted by molar-refractivity contribution is -0.145. The second-order valence-electron chi connectivity index (χ2n) is 10.4. The van der Waals surface area contributed by atoms with Crippen molar-refractivity contribution in [2.24, 2.45) is 22.2 Å². The maximum Gasteiger partial charge on any atom is 0.326 e. The minimum absolute atomic E-state index is 0.0587. The number of carbonyl (C=O) groups excluding carboxylic acids is 6. The molecule has 0 spiro atoms. The lowest BCUT2D eigenvalue weighted by atomic mass is 10.1. The molecule has 0 aromatic rings. The molecule has 0 aromatic heterocycles. The Morgan fingerprint density at radius 1 is 0.894 bits per heavy atom. The number of aliphatic hydroxyl groups excluding tert-OH is 1. The topological polar surface area (TPSA) is 351 Å². The van der Waals surface area contributed by atoms with Crippen molar-refractivity contribution in [3.8, 4) is 0 Å². The van der Waals surface area contributed by atoms with E-state index in [4.69, 9.17) is 17.2 Å². The van der Waals surface area contributed by atoms with Crippen LogP contribution in [0.2, 0.25) is 0 Å². The SMILES string of the molecule is CC[C@H](NC(=O)[C@@H]1CCCN1C(=O)[C@H](CO)NC(=O)[C@H](CC(=O)O)NC(=O)CNC(=O)[C@H](CCCN=C(N)N)NC(=O)CN)C(=O)O. The Morgan fingerprint density at radius 2 is 1.55 bits per heavy atom. The zero-order valence-corrected chi connectivity index (χ0v) is 25.9. The first-order valence-electron chi connectivity index (χ1n) is 14.7. The average molecular weight is 673 g/mol. The van der Waals surface area contributed by atoms with Gasteiger partial charge in [-0.3, -0.25) is 38.6 Å². The van der Waals surface area contributed by atoms with Crippen molar-refractivity contribution in [1.82, 2.24) is 31.5 Å². The molecule has 1 aliphatic heterocycles. The molecule has 0 bridgehead atoms. The Hall–Kier alpha value is -5.05. The van der Waals surface area contributed by atoms with Crippen molar-refractivity contribution < 1.29 is 53.7 Å². The Labute approximate surface area is 269 Å². The molecular formula is C26H44N10O11. The van der Waals surface area contributed by atoms with Crippen LogP contribution in [0.4, 0.5) is 0 Å². The number of carbonyl (C=O) groups is 8. The maximum absolute atomic E-state index is 13.2. The number of aliphatic imine (C=N–C) groups is 1. The lowest BCUT2D eigenvalue weighted by Crippen LogP contribution is -2.59. The monoisotopic (exact) mass is 672 g/mol. The van der Waals surface area contributed by atoms with Crippen LogP contribution in [0.5, 0.6) is 0 Å². The molecule has 0 unspecified atom stereocenters. The number of carboxylic acids is 2. The van der Waals surface area contributed by atoms with E-state index < -0.39 is 104 Å². The Kier molecular flexibility index (Phi) is 17.1. The van der Waals surface area contributed by atoms with Gasteiger partial charge in [-0.2, -0.15) is 0 Å². The van der Waals surface area contributed by atoms with E-state index in [-0.39, 0.29) is 44.7 Å². The van der Waals surface area contributed by atoms with Gasteiger partial charge in [0.25, 0.3) is 0 Å². The number of hydrogen-bond acceptors (Lipinski definition) is 11. The first-order chi connectivity index (χ1) is 22.1. The summed E-state index contributed by atoms with van der Waals surface area (Å²) in [5.41, 5.74) is 15.8. The summed E-state index contributed by atoms with van der Waals surface area (Å²) in [6, 6.07) is -6.80. The fraction of sp³-hybridized carbons (Fsp3) is 0.654. The molecule has 47 heavy (non-hydrogen) atoms. The van der Waals surface area contributed by atoms with E-state index in [1.54, 1.807) is 6.92 Å². The molecule has 21 heteroatoms. The molecule has 0 aromatic carbocycles. The van der Waals surface area contributed by atoms with Gasteiger partial charge in [0.15, 0.2) is 5.96 Å². The molecule has 0 radical (unpaired) electrons. The van der Waals surface area contributed by atoms with E-state index >= 15 is 0 Å². The third-order valence-corrected chi connectivity index (χ3v) is 6.89. The second-order valence-corrected chi connectivity index (χ2v) is 10.4. The van der Waals surface area contributed by atoms with Gasteiger partial charge in [-0.25, -0.2) is 4.79 Å². The Bertz CT molecular complexity index is 1190. The number of amides is 6. The molecule has 21 nitrogen and oxygen atoms in total. The van der Waals surface area contributed by atoms with Crippen LogP contribution in [0.15, 0.2) is 4.99 Å². The van der Waals surface area contributed by atoms with Gasteiger partial charge in [-0.05, 0) is 32.1 Å². The van der Waals surface area contributed by atoms with E-state index in [0.717, 1.165) is 4.90 Å². The number of hydrogen-bond donors (Lipinski definition) is 11. The van der Waals surface area contributed by atoms with Gasteiger partial charge in [-0.15, -0.1) is 0 Å². The fourth-order valence-electron chi connectivity index (χ4n) is 4.51. The van der Waals surface area contributed by atoms with Crippen molar-refractivity contribution in [3.63, 3.8) is 0 Å². The van der Waals surface area contributed by atoms with Crippen molar-refractivity contribution in [2.75, 3.05) is 32.8 Å². The number of nitrogens with two attached hydrogens (primary N) is 3. The number of aliphatic carboxylic acids is 2. The molecule has 264 valence electrons. The molecule has 0 aliphatic carbocycles. The van der Waals surface area contributed by atoms with Gasteiger partial charge in [0.2, 0.25) is 35.4 Å². The van der Waals surface area contributed by atoms with E-state index in [9.17, 15) is 53.7 Å². The Balaban J connectivity index is 2.90.